The Balaban J connectivity index is 0.00000465. The molecule has 0 aliphatic rings. The van der Waals surface area contributed by atoms with Gasteiger partial charge < -0.3 is 20.1 Å². The topological polar surface area (TPSA) is 68.3 Å². The van der Waals surface area contributed by atoms with E-state index in [4.69, 9.17) is 19.4 Å². The molecule has 0 radical (unpaired) electrons. The summed E-state index contributed by atoms with van der Waals surface area (Å²) in [7, 11) is 0. The fourth-order valence-corrected chi connectivity index (χ4v) is 7.24. The molecule has 7 heteroatoms. The second-order valence-electron chi connectivity index (χ2n) is 13.8. The van der Waals surface area contributed by atoms with Crippen LogP contribution in [-0.2, 0) is 0 Å². The van der Waals surface area contributed by atoms with Crippen LogP contribution in [0.5, 0.6) is 11.5 Å². The van der Waals surface area contributed by atoms with Gasteiger partial charge in [-0.1, -0.05) is 136 Å². The van der Waals surface area contributed by atoms with E-state index in [1.807, 2.05) is 36.4 Å². The molecule has 0 saturated heterocycles. The maximum atomic E-state index is 6.32. The zero-order valence-electron chi connectivity index (χ0n) is 31.0. The molecule has 0 fully saturated rings. The molecule has 8 rings (SSSR count). The van der Waals surface area contributed by atoms with Crippen LogP contribution in [0.3, 0.4) is 0 Å². The highest BCUT2D eigenvalue weighted by Crippen LogP contribution is 2.37. The van der Waals surface area contributed by atoms with Crippen LogP contribution in [0.1, 0.15) is 51.4 Å². The number of nitrogens with one attached hydrogen (secondary N) is 2. The summed E-state index contributed by atoms with van der Waals surface area (Å²) in [6.45, 7) is 1.41. The number of hydrogen-bond acceptors (Lipinski definition) is 6. The van der Waals surface area contributed by atoms with Crippen molar-refractivity contribution in [2.75, 3.05) is 23.8 Å². The summed E-state index contributed by atoms with van der Waals surface area (Å²) in [4.78, 5) is 9.74. The normalized spacial score (nSPS) is 11.1. The molecule has 2 N–H and O–H groups in total. The fourth-order valence-electron chi connectivity index (χ4n) is 7.24. The molecule has 0 saturated carbocycles. The molecule has 6 nitrogen and oxygen atoms in total. The SMILES string of the molecule is Cl.c1ccc(OCCCCCCCCCCOc2ccccc2Nc2c3ccccc3nc3ccccc23)c(Nc2c3ccccc3nc3ccccc23)c1. The predicted molar refractivity (Wildman–Crippen MR) is 233 cm³/mol. The molecule has 0 aliphatic carbocycles. The number of ether oxygens (including phenoxy) is 2. The third kappa shape index (κ3) is 8.93. The van der Waals surface area contributed by atoms with Gasteiger partial charge in [-0.2, -0.15) is 0 Å². The van der Waals surface area contributed by atoms with E-state index in [1.54, 1.807) is 0 Å². The van der Waals surface area contributed by atoms with Crippen LogP contribution >= 0.6 is 12.4 Å². The molecular weight excluding hydrogens is 700 g/mol. The molecule has 0 aliphatic heterocycles. The third-order valence-electron chi connectivity index (χ3n) is 10.0. The number of rotatable bonds is 17. The summed E-state index contributed by atoms with van der Waals surface area (Å²) in [5, 5.41) is 11.8. The number of hydrogen-bond donors (Lipinski definition) is 2. The third-order valence-corrected chi connectivity index (χ3v) is 10.0. The number of aromatic nitrogens is 2. The van der Waals surface area contributed by atoms with Crippen LogP contribution in [0.4, 0.5) is 22.7 Å². The first-order valence-electron chi connectivity index (χ1n) is 19.3. The van der Waals surface area contributed by atoms with Gasteiger partial charge >= 0.3 is 0 Å². The molecule has 2 heterocycles. The van der Waals surface area contributed by atoms with Crippen LogP contribution in [0.2, 0.25) is 0 Å². The van der Waals surface area contributed by atoms with E-state index >= 15 is 0 Å². The summed E-state index contributed by atoms with van der Waals surface area (Å²) in [6, 6.07) is 49.6. The number of halogens is 1. The lowest BCUT2D eigenvalue weighted by Gasteiger charge is -2.16. The van der Waals surface area contributed by atoms with E-state index in [1.165, 1.54) is 38.5 Å². The second-order valence-corrected chi connectivity index (χ2v) is 13.8. The van der Waals surface area contributed by atoms with Gasteiger partial charge in [0.1, 0.15) is 11.5 Å². The monoisotopic (exact) mass is 746 g/mol. The molecule has 278 valence electrons. The van der Waals surface area contributed by atoms with Gasteiger partial charge in [0.05, 0.1) is 58.0 Å². The van der Waals surface area contributed by atoms with Gasteiger partial charge in [0.25, 0.3) is 0 Å². The van der Waals surface area contributed by atoms with Crippen molar-refractivity contribution >= 4 is 78.8 Å². The van der Waals surface area contributed by atoms with Crippen molar-refractivity contribution in [2.24, 2.45) is 0 Å². The lowest BCUT2D eigenvalue weighted by Crippen LogP contribution is -2.02. The Bertz CT molecular complexity index is 2220. The standard InChI is InChI=1S/C48H46N4O2.ClH/c1(3-5-19-33-53-45-31-17-15-29-43(45)51-47-35-21-7-11-25-39(35)49-40-26-12-8-22-36(40)47)2-4-6-20-34-54-46-32-18-16-30-44(46)52-48-37-23-9-13-27-41(37)50-42-28-14-10-24-38(42)48;/h7-18,21-32H,1-6,19-20,33-34H2,(H,49,51)(H,50,52);1H. The van der Waals surface area contributed by atoms with Gasteiger partial charge in [-0.15, -0.1) is 12.4 Å². The first kappa shape index (κ1) is 37.5. The highest BCUT2D eigenvalue weighted by atomic mass is 35.5. The van der Waals surface area contributed by atoms with Crippen LogP contribution < -0.4 is 20.1 Å². The first-order chi connectivity index (χ1) is 26.8. The van der Waals surface area contributed by atoms with Crippen molar-refractivity contribution in [1.29, 1.82) is 0 Å². The average molecular weight is 747 g/mol. The maximum absolute atomic E-state index is 6.32. The number of para-hydroxylation sites is 8. The zero-order chi connectivity index (χ0) is 36.4. The van der Waals surface area contributed by atoms with Crippen molar-refractivity contribution in [1.82, 2.24) is 9.97 Å². The Morgan fingerprint density at radius 2 is 0.636 bits per heavy atom. The fraction of sp³-hybridized carbons (Fsp3) is 0.208. The zero-order valence-corrected chi connectivity index (χ0v) is 31.9. The van der Waals surface area contributed by atoms with Crippen LogP contribution in [-0.4, -0.2) is 23.2 Å². The van der Waals surface area contributed by atoms with E-state index in [9.17, 15) is 0 Å². The minimum atomic E-state index is 0. The lowest BCUT2D eigenvalue weighted by molar-refractivity contribution is 0.302. The van der Waals surface area contributed by atoms with Gasteiger partial charge in [-0.05, 0) is 61.4 Å². The van der Waals surface area contributed by atoms with Gasteiger partial charge in [0.2, 0.25) is 0 Å². The first-order valence-corrected chi connectivity index (χ1v) is 19.3. The summed E-state index contributed by atoms with van der Waals surface area (Å²) in [5.74, 6) is 1.75. The molecule has 0 spiro atoms. The largest absolute Gasteiger partial charge is 0.491 e. The summed E-state index contributed by atoms with van der Waals surface area (Å²) in [5.41, 5.74) is 7.97. The molecule has 0 unspecified atom stereocenters. The Labute approximate surface area is 329 Å². The Hall–Kier alpha value is -5.85. The summed E-state index contributed by atoms with van der Waals surface area (Å²) < 4.78 is 12.6. The smallest absolute Gasteiger partial charge is 0.142 e. The molecule has 8 aromatic rings. The molecule has 0 amide bonds. The Kier molecular flexibility index (Phi) is 12.6. The number of anilines is 4. The van der Waals surface area contributed by atoms with Crippen LogP contribution in [0, 0.1) is 0 Å². The van der Waals surface area contributed by atoms with E-state index in [0.29, 0.717) is 13.2 Å². The van der Waals surface area contributed by atoms with E-state index < -0.39 is 0 Å². The highest BCUT2D eigenvalue weighted by Gasteiger charge is 2.13. The second kappa shape index (κ2) is 18.5. The quantitative estimate of drug-likeness (QED) is 0.0714. The van der Waals surface area contributed by atoms with Crippen molar-refractivity contribution in [3.63, 3.8) is 0 Å². The number of nitrogens with zero attached hydrogens (tertiary/aromatic N) is 2. The van der Waals surface area contributed by atoms with Crippen molar-refractivity contribution in [2.45, 2.75) is 51.4 Å². The van der Waals surface area contributed by atoms with Crippen LogP contribution in [0.15, 0.2) is 146 Å². The Morgan fingerprint density at radius 1 is 0.345 bits per heavy atom. The van der Waals surface area contributed by atoms with Gasteiger partial charge in [0, 0.05) is 21.5 Å². The molecule has 2 aromatic heterocycles. The van der Waals surface area contributed by atoms with Gasteiger partial charge in [-0.3, -0.25) is 0 Å². The van der Waals surface area contributed by atoms with Gasteiger partial charge in [0.15, 0.2) is 0 Å². The minimum absolute atomic E-state index is 0. The van der Waals surface area contributed by atoms with Crippen LogP contribution in [0.25, 0.3) is 43.6 Å². The molecule has 0 bridgehead atoms. The number of fused-ring (bicyclic) bond motifs is 4. The minimum Gasteiger partial charge on any atom is -0.491 e. The average Bonchev–Trinajstić information content (AvgIpc) is 3.22. The molecule has 55 heavy (non-hydrogen) atoms. The Morgan fingerprint density at radius 3 is 1.00 bits per heavy atom. The molecule has 6 aromatic carbocycles. The summed E-state index contributed by atoms with van der Waals surface area (Å²) in [6.07, 6.45) is 9.39. The van der Waals surface area contributed by atoms with Crippen molar-refractivity contribution < 1.29 is 9.47 Å². The number of benzene rings is 6. The summed E-state index contributed by atoms with van der Waals surface area (Å²) >= 11 is 0. The van der Waals surface area contributed by atoms with E-state index in [2.05, 4.69) is 120 Å². The van der Waals surface area contributed by atoms with Gasteiger partial charge in [-0.25, -0.2) is 9.97 Å². The predicted octanol–water partition coefficient (Wildman–Crippen LogP) is 13.6. The maximum Gasteiger partial charge on any atom is 0.142 e. The molecule has 0 atom stereocenters. The number of pyridine rings is 2. The van der Waals surface area contributed by atoms with Crippen molar-refractivity contribution in [3.05, 3.63) is 146 Å². The van der Waals surface area contributed by atoms with E-state index in [0.717, 1.165) is 90.7 Å². The number of unbranched alkanes of at least 4 members (excludes halogenated alkanes) is 7. The molecular formula is C48H47ClN4O2. The highest BCUT2D eigenvalue weighted by molar-refractivity contribution is 6.10. The lowest BCUT2D eigenvalue weighted by atomic mass is 10.1. The van der Waals surface area contributed by atoms with E-state index in [-0.39, 0.29) is 12.4 Å². The van der Waals surface area contributed by atoms with Crippen molar-refractivity contribution in [3.8, 4) is 11.5 Å².